The van der Waals surface area contributed by atoms with E-state index in [9.17, 15) is 18.0 Å². The van der Waals surface area contributed by atoms with Crippen LogP contribution in [-0.4, -0.2) is 56.8 Å². The zero-order valence-electron chi connectivity index (χ0n) is 19.9. The molecule has 2 N–H and O–H groups in total. The molecule has 1 aliphatic carbocycles. The summed E-state index contributed by atoms with van der Waals surface area (Å²) in [6, 6.07) is 5.83. The number of carbonyl (C=O) groups is 2. The van der Waals surface area contributed by atoms with Crippen molar-refractivity contribution in [3.63, 3.8) is 0 Å². The van der Waals surface area contributed by atoms with Crippen LogP contribution in [0.1, 0.15) is 58.8 Å². The normalized spacial score (nSPS) is 21.8. The van der Waals surface area contributed by atoms with E-state index in [0.717, 1.165) is 32.1 Å². The smallest absolute Gasteiger partial charge is 0.243 e. The third-order valence-corrected chi connectivity index (χ3v) is 8.83. The first-order chi connectivity index (χ1) is 15.8. The molecule has 2 aliphatic rings. The fourth-order valence-corrected chi connectivity index (χ4v) is 6.13. The number of hydrogen-bond donors (Lipinski definition) is 2. The molecule has 2 fully saturated rings. The fourth-order valence-electron chi connectivity index (χ4n) is 4.61. The minimum absolute atomic E-state index is 0.0157. The van der Waals surface area contributed by atoms with Crippen molar-refractivity contribution in [2.45, 2.75) is 75.8 Å². The van der Waals surface area contributed by atoms with E-state index < -0.39 is 22.0 Å². The van der Waals surface area contributed by atoms with Gasteiger partial charge in [0.15, 0.2) is 0 Å². The molecule has 9 heteroatoms. The van der Waals surface area contributed by atoms with Gasteiger partial charge in [-0.15, -0.1) is 0 Å². The maximum atomic E-state index is 13.1. The predicted octanol–water partition coefficient (Wildman–Crippen LogP) is 2.69. The molecule has 1 aromatic rings. The molecule has 3 rings (SSSR count). The fraction of sp³-hybridized carbons (Fsp3) is 0.667. The molecular formula is C24H37N3O5S. The monoisotopic (exact) mass is 479 g/mol. The summed E-state index contributed by atoms with van der Waals surface area (Å²) in [5.74, 6) is -0.313. The van der Waals surface area contributed by atoms with Crippen LogP contribution in [0.3, 0.4) is 0 Å². The molecule has 1 aromatic carbocycles. The van der Waals surface area contributed by atoms with Gasteiger partial charge in [-0.1, -0.05) is 33.1 Å². The van der Waals surface area contributed by atoms with Crippen LogP contribution >= 0.6 is 0 Å². The van der Waals surface area contributed by atoms with Gasteiger partial charge in [-0.2, -0.15) is 4.31 Å². The Kier molecular flexibility index (Phi) is 8.75. The van der Waals surface area contributed by atoms with Gasteiger partial charge in [-0.05, 0) is 55.9 Å². The molecule has 2 amide bonds. The Labute approximate surface area is 197 Å². The molecule has 8 nitrogen and oxygen atoms in total. The average Bonchev–Trinajstić information content (AvgIpc) is 3.34. The number of nitrogens with zero attached hydrogens (tertiary/aromatic N) is 1. The zero-order chi connectivity index (χ0) is 24.0. The minimum Gasteiger partial charge on any atom is -0.497 e. The Hall–Kier alpha value is -2.13. The minimum atomic E-state index is -3.72. The molecule has 0 spiro atoms. The number of benzene rings is 1. The number of rotatable bonds is 9. The van der Waals surface area contributed by atoms with E-state index in [-0.39, 0.29) is 35.2 Å². The summed E-state index contributed by atoms with van der Waals surface area (Å²) in [6.07, 6.45) is 6.14. The molecule has 2 unspecified atom stereocenters. The van der Waals surface area contributed by atoms with Crippen molar-refractivity contribution in [3.05, 3.63) is 24.3 Å². The maximum Gasteiger partial charge on any atom is 0.243 e. The number of ether oxygens (including phenoxy) is 1. The Morgan fingerprint density at radius 2 is 1.79 bits per heavy atom. The van der Waals surface area contributed by atoms with E-state index in [1.165, 1.54) is 23.5 Å². The second-order valence-electron chi connectivity index (χ2n) is 9.24. The van der Waals surface area contributed by atoms with Crippen LogP contribution in [0.5, 0.6) is 5.75 Å². The summed E-state index contributed by atoms with van der Waals surface area (Å²) in [7, 11) is -2.19. The Balaban J connectivity index is 1.66. The van der Waals surface area contributed by atoms with Gasteiger partial charge in [0.05, 0.1) is 17.9 Å². The second-order valence-corrected chi connectivity index (χ2v) is 11.2. The number of sulfonamides is 1. The topological polar surface area (TPSA) is 105 Å². The summed E-state index contributed by atoms with van der Waals surface area (Å²) in [5, 5.41) is 6.05. The van der Waals surface area contributed by atoms with E-state index in [1.54, 1.807) is 12.1 Å². The summed E-state index contributed by atoms with van der Waals surface area (Å²) in [5.41, 5.74) is 0. The lowest BCUT2D eigenvalue weighted by molar-refractivity contribution is -0.133. The number of amides is 2. The van der Waals surface area contributed by atoms with Crippen LogP contribution in [-0.2, 0) is 19.6 Å². The molecule has 0 bridgehead atoms. The largest absolute Gasteiger partial charge is 0.497 e. The predicted molar refractivity (Wildman–Crippen MR) is 126 cm³/mol. The standard InChI is InChI=1S/C24H37N3O5S/c1-4-17(2)22(24(29)25-19-9-5-6-10-19)26-23(28)18-8-7-15-27(16-18)33(30,31)21-13-11-20(32-3)12-14-21/h11-14,17-19,22H,4-10,15-16H2,1-3H3,(H,25,29)(H,26,28)/t17?,18?,22-/m0/s1. The van der Waals surface area contributed by atoms with Gasteiger partial charge in [-0.25, -0.2) is 8.42 Å². The number of hydrogen-bond acceptors (Lipinski definition) is 5. The Morgan fingerprint density at radius 1 is 1.12 bits per heavy atom. The van der Waals surface area contributed by atoms with Gasteiger partial charge in [0.2, 0.25) is 21.8 Å². The highest BCUT2D eigenvalue weighted by Crippen LogP contribution is 2.26. The van der Waals surface area contributed by atoms with E-state index in [4.69, 9.17) is 4.74 Å². The van der Waals surface area contributed by atoms with Crippen molar-refractivity contribution in [2.24, 2.45) is 11.8 Å². The lowest BCUT2D eigenvalue weighted by atomic mass is 9.94. The van der Waals surface area contributed by atoms with E-state index in [0.29, 0.717) is 25.1 Å². The quantitative estimate of drug-likeness (QED) is 0.567. The van der Waals surface area contributed by atoms with Gasteiger partial charge in [0.1, 0.15) is 11.8 Å². The zero-order valence-corrected chi connectivity index (χ0v) is 20.7. The second kappa shape index (κ2) is 11.3. The molecule has 1 saturated carbocycles. The van der Waals surface area contributed by atoms with Crippen LogP contribution in [0.2, 0.25) is 0 Å². The van der Waals surface area contributed by atoms with Crippen molar-refractivity contribution < 1.29 is 22.7 Å². The van der Waals surface area contributed by atoms with Crippen LogP contribution in [0.4, 0.5) is 0 Å². The number of piperidine rings is 1. The maximum absolute atomic E-state index is 13.1. The first-order valence-electron chi connectivity index (χ1n) is 12.0. The summed E-state index contributed by atoms with van der Waals surface area (Å²) >= 11 is 0. The third kappa shape index (κ3) is 6.26. The summed E-state index contributed by atoms with van der Waals surface area (Å²) in [4.78, 5) is 26.2. The molecule has 3 atom stereocenters. The molecule has 1 saturated heterocycles. The number of nitrogens with one attached hydrogen (secondary N) is 2. The highest BCUT2D eigenvalue weighted by atomic mass is 32.2. The first-order valence-corrected chi connectivity index (χ1v) is 13.4. The highest BCUT2D eigenvalue weighted by Gasteiger charge is 2.36. The van der Waals surface area contributed by atoms with Crippen molar-refractivity contribution in [1.29, 1.82) is 0 Å². The van der Waals surface area contributed by atoms with E-state index in [1.807, 2.05) is 13.8 Å². The van der Waals surface area contributed by atoms with Crippen LogP contribution in [0, 0.1) is 11.8 Å². The molecule has 1 heterocycles. The molecule has 1 aliphatic heterocycles. The van der Waals surface area contributed by atoms with Crippen molar-refractivity contribution in [1.82, 2.24) is 14.9 Å². The molecule has 0 radical (unpaired) electrons. The number of carbonyl (C=O) groups excluding carboxylic acids is 2. The summed E-state index contributed by atoms with van der Waals surface area (Å²) < 4.78 is 32.7. The molecule has 0 aromatic heterocycles. The third-order valence-electron chi connectivity index (χ3n) is 6.95. The van der Waals surface area contributed by atoms with Crippen LogP contribution in [0.15, 0.2) is 29.2 Å². The van der Waals surface area contributed by atoms with Crippen molar-refractivity contribution in [2.75, 3.05) is 20.2 Å². The molecule has 33 heavy (non-hydrogen) atoms. The van der Waals surface area contributed by atoms with Gasteiger partial charge >= 0.3 is 0 Å². The van der Waals surface area contributed by atoms with Gasteiger partial charge in [-0.3, -0.25) is 9.59 Å². The van der Waals surface area contributed by atoms with Crippen LogP contribution < -0.4 is 15.4 Å². The molecular weight excluding hydrogens is 442 g/mol. The van der Waals surface area contributed by atoms with Crippen LogP contribution in [0.25, 0.3) is 0 Å². The summed E-state index contributed by atoms with van der Waals surface area (Å²) in [6.45, 7) is 4.43. The highest BCUT2D eigenvalue weighted by molar-refractivity contribution is 7.89. The van der Waals surface area contributed by atoms with Crippen molar-refractivity contribution >= 4 is 21.8 Å². The first kappa shape index (κ1) is 25.5. The van der Waals surface area contributed by atoms with Crippen molar-refractivity contribution in [3.8, 4) is 5.75 Å². The molecule has 184 valence electrons. The lowest BCUT2D eigenvalue weighted by Gasteiger charge is -2.33. The van der Waals surface area contributed by atoms with E-state index in [2.05, 4.69) is 10.6 Å². The SMILES string of the molecule is CCC(C)[C@H](NC(=O)C1CCCN(S(=O)(=O)c2ccc(OC)cc2)C1)C(=O)NC1CCCC1. The number of methoxy groups -OCH3 is 1. The van der Waals surface area contributed by atoms with E-state index >= 15 is 0 Å². The van der Waals surface area contributed by atoms with Gasteiger partial charge in [0.25, 0.3) is 0 Å². The average molecular weight is 480 g/mol. The lowest BCUT2D eigenvalue weighted by Crippen LogP contribution is -2.55. The Morgan fingerprint density at radius 3 is 2.39 bits per heavy atom. The Bertz CT molecular complexity index is 913. The van der Waals surface area contributed by atoms with Gasteiger partial charge < -0.3 is 15.4 Å². The van der Waals surface area contributed by atoms with Gasteiger partial charge in [0, 0.05) is 19.1 Å².